The van der Waals surface area contributed by atoms with Crippen molar-refractivity contribution in [3.63, 3.8) is 0 Å². The molecule has 2 rings (SSSR count). The molecule has 2 aromatic rings. The highest BCUT2D eigenvalue weighted by Gasteiger charge is 2.18. The SMILES string of the molecule is CCn1nc(C)c(Cl)c1CC(O)c1cc(C)ccn1. The Morgan fingerprint density at radius 3 is 2.79 bits per heavy atom. The molecule has 0 aliphatic carbocycles. The van der Waals surface area contributed by atoms with Crippen LogP contribution >= 0.6 is 11.6 Å². The maximum absolute atomic E-state index is 10.3. The summed E-state index contributed by atoms with van der Waals surface area (Å²) in [4.78, 5) is 4.20. The lowest BCUT2D eigenvalue weighted by Crippen LogP contribution is -2.10. The Bertz CT molecular complexity index is 580. The van der Waals surface area contributed by atoms with Gasteiger partial charge in [-0.3, -0.25) is 9.67 Å². The minimum Gasteiger partial charge on any atom is -0.386 e. The second kappa shape index (κ2) is 5.72. The van der Waals surface area contributed by atoms with E-state index in [0.29, 0.717) is 17.1 Å². The Kier molecular flexibility index (Phi) is 4.22. The number of aliphatic hydroxyl groups excluding tert-OH is 1. The fourth-order valence-corrected chi connectivity index (χ4v) is 2.31. The molecule has 0 fully saturated rings. The highest BCUT2D eigenvalue weighted by molar-refractivity contribution is 6.31. The average Bonchev–Trinajstić information content (AvgIpc) is 2.66. The zero-order valence-electron chi connectivity index (χ0n) is 11.4. The molecule has 2 heterocycles. The summed E-state index contributed by atoms with van der Waals surface area (Å²) in [6, 6.07) is 3.79. The van der Waals surface area contributed by atoms with Crippen LogP contribution in [-0.4, -0.2) is 19.9 Å². The molecule has 0 aromatic carbocycles. The van der Waals surface area contributed by atoms with Gasteiger partial charge in [0, 0.05) is 19.2 Å². The number of nitrogens with zero attached hydrogens (tertiary/aromatic N) is 3. The van der Waals surface area contributed by atoms with Gasteiger partial charge in [0.05, 0.1) is 22.1 Å². The third-order valence-electron chi connectivity index (χ3n) is 3.12. The van der Waals surface area contributed by atoms with Crippen LogP contribution in [-0.2, 0) is 13.0 Å². The van der Waals surface area contributed by atoms with Gasteiger partial charge in [0.25, 0.3) is 0 Å². The van der Waals surface area contributed by atoms with E-state index < -0.39 is 6.10 Å². The van der Waals surface area contributed by atoms with Crippen molar-refractivity contribution in [2.24, 2.45) is 0 Å². The molecule has 0 aliphatic heterocycles. The highest BCUT2D eigenvalue weighted by Crippen LogP contribution is 2.25. The van der Waals surface area contributed by atoms with Crippen molar-refractivity contribution in [2.75, 3.05) is 0 Å². The highest BCUT2D eigenvalue weighted by atomic mass is 35.5. The number of aryl methyl sites for hydroxylation is 3. The lowest BCUT2D eigenvalue weighted by atomic mass is 10.1. The van der Waals surface area contributed by atoms with Crippen LogP contribution in [0.3, 0.4) is 0 Å². The van der Waals surface area contributed by atoms with Gasteiger partial charge in [0.1, 0.15) is 6.10 Å². The molecule has 1 atom stereocenters. The summed E-state index contributed by atoms with van der Waals surface area (Å²) < 4.78 is 1.83. The van der Waals surface area contributed by atoms with Crippen molar-refractivity contribution in [1.82, 2.24) is 14.8 Å². The summed E-state index contributed by atoms with van der Waals surface area (Å²) in [6.07, 6.45) is 1.46. The van der Waals surface area contributed by atoms with E-state index in [4.69, 9.17) is 11.6 Å². The van der Waals surface area contributed by atoms with Crippen molar-refractivity contribution in [1.29, 1.82) is 0 Å². The molecule has 0 saturated carbocycles. The van der Waals surface area contributed by atoms with E-state index in [2.05, 4.69) is 10.1 Å². The van der Waals surface area contributed by atoms with Gasteiger partial charge < -0.3 is 5.11 Å². The number of aromatic nitrogens is 3. The second-order valence-corrected chi connectivity index (χ2v) is 5.02. The van der Waals surface area contributed by atoms with Crippen LogP contribution in [0.2, 0.25) is 5.02 Å². The zero-order chi connectivity index (χ0) is 14.0. The van der Waals surface area contributed by atoms with Crippen LogP contribution in [0.25, 0.3) is 0 Å². The first-order valence-corrected chi connectivity index (χ1v) is 6.73. The third kappa shape index (κ3) is 2.96. The molecule has 0 aliphatic rings. The molecule has 102 valence electrons. The average molecular weight is 280 g/mol. The van der Waals surface area contributed by atoms with Gasteiger partial charge in [-0.25, -0.2) is 0 Å². The normalized spacial score (nSPS) is 12.7. The number of halogens is 1. The van der Waals surface area contributed by atoms with Crippen molar-refractivity contribution in [3.05, 3.63) is 46.0 Å². The van der Waals surface area contributed by atoms with Gasteiger partial charge in [0.15, 0.2) is 0 Å². The molecule has 0 bridgehead atoms. The number of aliphatic hydroxyl groups is 1. The van der Waals surface area contributed by atoms with E-state index in [1.54, 1.807) is 6.20 Å². The van der Waals surface area contributed by atoms with Gasteiger partial charge in [0.2, 0.25) is 0 Å². The first-order valence-electron chi connectivity index (χ1n) is 6.35. The summed E-state index contributed by atoms with van der Waals surface area (Å²) in [5.41, 5.74) is 3.40. The fraction of sp³-hybridized carbons (Fsp3) is 0.429. The smallest absolute Gasteiger partial charge is 0.102 e. The predicted molar refractivity (Wildman–Crippen MR) is 75.3 cm³/mol. The number of hydrogen-bond donors (Lipinski definition) is 1. The lowest BCUT2D eigenvalue weighted by molar-refractivity contribution is 0.170. The van der Waals surface area contributed by atoms with Gasteiger partial charge in [-0.05, 0) is 38.5 Å². The predicted octanol–water partition coefficient (Wildman–Crippen LogP) is 2.84. The van der Waals surface area contributed by atoms with Crippen molar-refractivity contribution in [2.45, 2.75) is 39.8 Å². The second-order valence-electron chi connectivity index (χ2n) is 4.64. The van der Waals surface area contributed by atoms with E-state index in [1.807, 2.05) is 37.6 Å². The summed E-state index contributed by atoms with van der Waals surface area (Å²) in [7, 11) is 0. The quantitative estimate of drug-likeness (QED) is 0.936. The summed E-state index contributed by atoms with van der Waals surface area (Å²) in [5.74, 6) is 0. The Labute approximate surface area is 118 Å². The third-order valence-corrected chi connectivity index (χ3v) is 3.61. The molecule has 5 heteroatoms. The van der Waals surface area contributed by atoms with E-state index in [0.717, 1.165) is 23.5 Å². The minimum absolute atomic E-state index is 0.421. The lowest BCUT2D eigenvalue weighted by Gasteiger charge is -2.12. The van der Waals surface area contributed by atoms with Crippen molar-refractivity contribution >= 4 is 11.6 Å². The topological polar surface area (TPSA) is 50.9 Å². The molecule has 4 nitrogen and oxygen atoms in total. The van der Waals surface area contributed by atoms with Crippen LogP contribution in [0.1, 0.15) is 35.7 Å². The van der Waals surface area contributed by atoms with Crippen molar-refractivity contribution in [3.8, 4) is 0 Å². The standard InChI is InChI=1S/C14H18ClN3O/c1-4-18-12(14(15)10(3)17-18)8-13(19)11-7-9(2)5-6-16-11/h5-7,13,19H,4,8H2,1-3H3. The largest absolute Gasteiger partial charge is 0.386 e. The Morgan fingerprint density at radius 2 is 2.16 bits per heavy atom. The number of rotatable bonds is 4. The molecular weight excluding hydrogens is 262 g/mol. The van der Waals surface area contributed by atoms with Crippen LogP contribution in [0.5, 0.6) is 0 Å². The van der Waals surface area contributed by atoms with Gasteiger partial charge in [-0.1, -0.05) is 11.6 Å². The Balaban J connectivity index is 2.26. The van der Waals surface area contributed by atoms with E-state index in [-0.39, 0.29) is 0 Å². The Morgan fingerprint density at radius 1 is 1.42 bits per heavy atom. The first kappa shape index (κ1) is 14.0. The zero-order valence-corrected chi connectivity index (χ0v) is 12.1. The molecule has 0 saturated heterocycles. The van der Waals surface area contributed by atoms with Crippen molar-refractivity contribution < 1.29 is 5.11 Å². The minimum atomic E-state index is -0.668. The van der Waals surface area contributed by atoms with E-state index in [9.17, 15) is 5.11 Å². The van der Waals surface area contributed by atoms with Gasteiger partial charge >= 0.3 is 0 Å². The molecule has 1 unspecified atom stereocenters. The summed E-state index contributed by atoms with van der Waals surface area (Å²) in [5, 5.41) is 15.3. The summed E-state index contributed by atoms with van der Waals surface area (Å²) >= 11 is 6.24. The van der Waals surface area contributed by atoms with Crippen LogP contribution in [0.4, 0.5) is 0 Å². The van der Waals surface area contributed by atoms with Gasteiger partial charge in [-0.15, -0.1) is 0 Å². The number of pyridine rings is 1. The molecule has 0 spiro atoms. The Hall–Kier alpha value is -1.39. The molecule has 0 radical (unpaired) electrons. The van der Waals surface area contributed by atoms with E-state index in [1.165, 1.54) is 0 Å². The van der Waals surface area contributed by atoms with Crippen LogP contribution < -0.4 is 0 Å². The number of hydrogen-bond acceptors (Lipinski definition) is 3. The first-order chi connectivity index (χ1) is 9.02. The summed E-state index contributed by atoms with van der Waals surface area (Å²) in [6.45, 7) is 6.58. The molecule has 0 amide bonds. The maximum Gasteiger partial charge on any atom is 0.102 e. The van der Waals surface area contributed by atoms with Gasteiger partial charge in [-0.2, -0.15) is 5.10 Å². The van der Waals surface area contributed by atoms with E-state index >= 15 is 0 Å². The monoisotopic (exact) mass is 279 g/mol. The molecular formula is C14H18ClN3O. The molecule has 2 aromatic heterocycles. The fourth-order valence-electron chi connectivity index (χ4n) is 2.09. The maximum atomic E-state index is 10.3. The molecule has 1 N–H and O–H groups in total. The molecule has 19 heavy (non-hydrogen) atoms. The van der Waals surface area contributed by atoms with Crippen LogP contribution in [0.15, 0.2) is 18.3 Å². The van der Waals surface area contributed by atoms with Crippen LogP contribution in [0, 0.1) is 13.8 Å².